The van der Waals surface area contributed by atoms with Gasteiger partial charge in [0, 0.05) is 5.56 Å². The first-order valence-corrected chi connectivity index (χ1v) is 12.4. The first-order valence-electron chi connectivity index (χ1n) is 12.4. The van der Waals surface area contributed by atoms with Gasteiger partial charge in [0.05, 0.1) is 24.5 Å². The summed E-state index contributed by atoms with van der Waals surface area (Å²) in [5.41, 5.74) is 2.94. The summed E-state index contributed by atoms with van der Waals surface area (Å²) in [5, 5.41) is 7.66. The highest BCUT2D eigenvalue weighted by Crippen LogP contribution is 2.41. The van der Waals surface area contributed by atoms with Gasteiger partial charge in [-0.1, -0.05) is 54.6 Å². The van der Waals surface area contributed by atoms with Crippen molar-refractivity contribution in [2.24, 2.45) is 0 Å². The number of rotatable bonds is 9. The van der Waals surface area contributed by atoms with Crippen LogP contribution in [0.2, 0.25) is 0 Å². The van der Waals surface area contributed by atoms with E-state index in [-0.39, 0.29) is 19.0 Å². The van der Waals surface area contributed by atoms with Crippen LogP contribution in [0.15, 0.2) is 84.7 Å². The third-order valence-corrected chi connectivity index (χ3v) is 6.08. The molecular weight excluding hydrogens is 487 g/mol. The number of ether oxygens (including phenoxy) is 3. The van der Waals surface area contributed by atoms with E-state index in [0.29, 0.717) is 40.9 Å². The molecule has 0 spiro atoms. The van der Waals surface area contributed by atoms with Crippen molar-refractivity contribution in [2.75, 3.05) is 18.5 Å². The highest BCUT2D eigenvalue weighted by molar-refractivity contribution is 6.02. The normalized spacial score (nSPS) is 14.4. The molecule has 4 aromatic rings. The largest absolute Gasteiger partial charge is 0.490 e. The van der Waals surface area contributed by atoms with Gasteiger partial charge in [-0.05, 0) is 43.2 Å². The topological polar surface area (TPSA) is 87.5 Å². The number of benzene rings is 3. The maximum atomic E-state index is 14.1. The number of esters is 1. The SMILES string of the molecule is CCOC(=O)C1=C(c2ccccc2)Nc2ncnn2[C@@H]1c1ccc(OCc2ccccc2F)c(OCC)c1. The van der Waals surface area contributed by atoms with Crippen LogP contribution in [0.25, 0.3) is 5.70 Å². The molecule has 0 amide bonds. The molecule has 1 atom stereocenters. The minimum absolute atomic E-state index is 0.0405. The van der Waals surface area contributed by atoms with E-state index in [1.54, 1.807) is 35.9 Å². The van der Waals surface area contributed by atoms with Crippen molar-refractivity contribution in [3.8, 4) is 11.5 Å². The van der Waals surface area contributed by atoms with Crippen molar-refractivity contribution < 1.29 is 23.4 Å². The second kappa shape index (κ2) is 11.2. The summed E-state index contributed by atoms with van der Waals surface area (Å²) in [6.45, 7) is 4.27. The quantitative estimate of drug-likeness (QED) is 0.300. The van der Waals surface area contributed by atoms with Crippen LogP contribution in [0.3, 0.4) is 0 Å². The standard InChI is InChI=1S/C29H27FN4O4/c1-3-36-24-16-20(14-15-23(24)38-17-21-12-8-9-13-22(21)30)27-25(28(35)37-4-2)26(19-10-6-5-7-11-19)33-29-31-18-32-34(27)29/h5-16,18,27H,3-4,17H2,1-2H3,(H,31,32,33)/t27-/m1/s1. The summed E-state index contributed by atoms with van der Waals surface area (Å²) in [7, 11) is 0. The van der Waals surface area contributed by atoms with E-state index < -0.39 is 12.0 Å². The lowest BCUT2D eigenvalue weighted by Crippen LogP contribution is -2.30. The number of carbonyl (C=O) groups is 1. The van der Waals surface area contributed by atoms with Crippen molar-refractivity contribution in [1.82, 2.24) is 14.8 Å². The van der Waals surface area contributed by atoms with Gasteiger partial charge in [0.1, 0.15) is 24.8 Å². The molecule has 1 N–H and O–H groups in total. The molecule has 5 rings (SSSR count). The van der Waals surface area contributed by atoms with Gasteiger partial charge in [-0.25, -0.2) is 13.9 Å². The summed E-state index contributed by atoms with van der Waals surface area (Å²) < 4.78 is 33.1. The molecule has 1 aliphatic rings. The maximum absolute atomic E-state index is 14.1. The molecule has 2 heterocycles. The molecule has 1 aromatic heterocycles. The zero-order valence-electron chi connectivity index (χ0n) is 21.1. The highest BCUT2D eigenvalue weighted by atomic mass is 19.1. The van der Waals surface area contributed by atoms with E-state index in [1.165, 1.54) is 12.4 Å². The van der Waals surface area contributed by atoms with Crippen LogP contribution in [0.1, 0.15) is 36.6 Å². The second-order valence-electron chi connectivity index (χ2n) is 8.45. The third kappa shape index (κ3) is 4.95. The maximum Gasteiger partial charge on any atom is 0.338 e. The Kier molecular flexibility index (Phi) is 7.35. The number of aromatic nitrogens is 3. The third-order valence-electron chi connectivity index (χ3n) is 6.08. The van der Waals surface area contributed by atoms with Crippen LogP contribution >= 0.6 is 0 Å². The van der Waals surface area contributed by atoms with Gasteiger partial charge < -0.3 is 19.5 Å². The van der Waals surface area contributed by atoms with Gasteiger partial charge in [0.15, 0.2) is 11.5 Å². The number of nitrogens with zero attached hydrogens (tertiary/aromatic N) is 3. The Bertz CT molecular complexity index is 1470. The predicted molar refractivity (Wildman–Crippen MR) is 140 cm³/mol. The molecule has 38 heavy (non-hydrogen) atoms. The molecule has 0 radical (unpaired) electrons. The molecule has 0 saturated heterocycles. The van der Waals surface area contributed by atoms with Gasteiger partial charge in [-0.15, -0.1) is 0 Å². The van der Waals surface area contributed by atoms with E-state index in [9.17, 15) is 9.18 Å². The molecule has 0 fully saturated rings. The number of fused-ring (bicyclic) bond motifs is 1. The van der Waals surface area contributed by atoms with Crippen molar-refractivity contribution >= 4 is 17.6 Å². The molecule has 0 unspecified atom stereocenters. The summed E-state index contributed by atoms with van der Waals surface area (Å²) >= 11 is 0. The smallest absolute Gasteiger partial charge is 0.338 e. The van der Waals surface area contributed by atoms with E-state index in [1.807, 2.05) is 49.4 Å². The van der Waals surface area contributed by atoms with E-state index in [2.05, 4.69) is 15.4 Å². The molecule has 9 heteroatoms. The number of carbonyl (C=O) groups excluding carboxylic acids is 1. The van der Waals surface area contributed by atoms with Gasteiger partial charge in [0.25, 0.3) is 0 Å². The Morgan fingerprint density at radius 3 is 2.53 bits per heavy atom. The molecule has 194 valence electrons. The number of hydrogen-bond acceptors (Lipinski definition) is 7. The van der Waals surface area contributed by atoms with Gasteiger partial charge in [-0.3, -0.25) is 0 Å². The predicted octanol–water partition coefficient (Wildman–Crippen LogP) is 5.38. The minimum atomic E-state index is -0.650. The minimum Gasteiger partial charge on any atom is -0.490 e. The first-order chi connectivity index (χ1) is 18.6. The molecule has 1 aliphatic heterocycles. The summed E-state index contributed by atoms with van der Waals surface area (Å²) in [6, 6.07) is 20.7. The molecule has 0 bridgehead atoms. The molecule has 0 saturated carbocycles. The van der Waals surface area contributed by atoms with Crippen molar-refractivity contribution in [1.29, 1.82) is 0 Å². The Labute approximate surface area is 219 Å². The molecule has 8 nitrogen and oxygen atoms in total. The number of anilines is 1. The average Bonchev–Trinajstić information content (AvgIpc) is 3.41. The first kappa shape index (κ1) is 25.0. The van der Waals surface area contributed by atoms with Crippen LogP contribution < -0.4 is 14.8 Å². The zero-order valence-corrected chi connectivity index (χ0v) is 21.1. The number of hydrogen-bond donors (Lipinski definition) is 1. The van der Waals surface area contributed by atoms with E-state index >= 15 is 0 Å². The fraction of sp³-hybridized carbons (Fsp3) is 0.207. The Balaban J connectivity index is 1.59. The fourth-order valence-electron chi connectivity index (χ4n) is 4.38. The van der Waals surface area contributed by atoms with Gasteiger partial charge in [-0.2, -0.15) is 10.1 Å². The lowest BCUT2D eigenvalue weighted by atomic mass is 9.92. The number of nitrogens with one attached hydrogen (secondary N) is 1. The van der Waals surface area contributed by atoms with Crippen LogP contribution in [0, 0.1) is 5.82 Å². The Morgan fingerprint density at radius 2 is 1.76 bits per heavy atom. The summed E-state index contributed by atoms with van der Waals surface area (Å²) in [5.74, 6) is 0.596. The van der Waals surface area contributed by atoms with E-state index in [4.69, 9.17) is 14.2 Å². The van der Waals surface area contributed by atoms with Crippen LogP contribution in [-0.2, 0) is 16.1 Å². The number of halogens is 1. The van der Waals surface area contributed by atoms with Crippen LogP contribution in [-0.4, -0.2) is 33.9 Å². The van der Waals surface area contributed by atoms with Crippen LogP contribution in [0.4, 0.5) is 10.3 Å². The van der Waals surface area contributed by atoms with Crippen molar-refractivity contribution in [2.45, 2.75) is 26.5 Å². The summed E-state index contributed by atoms with van der Waals surface area (Å²) in [4.78, 5) is 17.8. The van der Waals surface area contributed by atoms with E-state index in [0.717, 1.165) is 11.1 Å². The Morgan fingerprint density at radius 1 is 0.974 bits per heavy atom. The van der Waals surface area contributed by atoms with Gasteiger partial charge in [0.2, 0.25) is 5.95 Å². The molecule has 0 aliphatic carbocycles. The second-order valence-corrected chi connectivity index (χ2v) is 8.45. The fourth-order valence-corrected chi connectivity index (χ4v) is 4.38. The molecule has 3 aromatic carbocycles. The molecular formula is C29H27FN4O4. The van der Waals surface area contributed by atoms with Crippen molar-refractivity contribution in [3.63, 3.8) is 0 Å². The van der Waals surface area contributed by atoms with Crippen molar-refractivity contribution in [3.05, 3.63) is 107 Å². The monoisotopic (exact) mass is 514 g/mol. The zero-order chi connectivity index (χ0) is 26.5. The lowest BCUT2D eigenvalue weighted by Gasteiger charge is -2.30. The van der Waals surface area contributed by atoms with Gasteiger partial charge >= 0.3 is 5.97 Å². The average molecular weight is 515 g/mol. The highest BCUT2D eigenvalue weighted by Gasteiger charge is 2.36. The van der Waals surface area contributed by atoms with Crippen LogP contribution in [0.5, 0.6) is 11.5 Å². The lowest BCUT2D eigenvalue weighted by molar-refractivity contribution is -0.138. The Hall–Kier alpha value is -4.66. The summed E-state index contributed by atoms with van der Waals surface area (Å²) in [6.07, 6.45) is 1.43.